The molecule has 0 saturated carbocycles. The van der Waals surface area contributed by atoms with Crippen molar-refractivity contribution in [2.45, 2.75) is 30.5 Å². The topological polar surface area (TPSA) is 23.5 Å². The van der Waals surface area contributed by atoms with E-state index in [1.54, 1.807) is 0 Å². The summed E-state index contributed by atoms with van der Waals surface area (Å²) in [6.45, 7) is 7.45. The molecule has 1 aromatic carbocycles. The minimum Gasteiger partial charge on any atom is -0.387 e. The molecule has 0 amide bonds. The van der Waals surface area contributed by atoms with Crippen LogP contribution in [0.15, 0.2) is 30.3 Å². The van der Waals surface area contributed by atoms with Crippen molar-refractivity contribution in [2.75, 3.05) is 19.6 Å². The number of thioether (sulfide) groups is 1. The van der Waals surface area contributed by atoms with E-state index in [9.17, 15) is 5.11 Å². The van der Waals surface area contributed by atoms with Gasteiger partial charge in [-0.2, -0.15) is 11.8 Å². The zero-order valence-electron chi connectivity index (χ0n) is 10.5. The van der Waals surface area contributed by atoms with Crippen molar-refractivity contribution in [2.24, 2.45) is 0 Å². The van der Waals surface area contributed by atoms with Gasteiger partial charge in [0.15, 0.2) is 0 Å². The van der Waals surface area contributed by atoms with E-state index in [0.717, 1.165) is 25.2 Å². The standard InChI is InChI=1S/C14H21NOS/c1-11-8-15(9-12(2)17-11)10-14(16)13-6-4-3-5-7-13/h3-7,11-12,14,16H,8-10H2,1-2H3. The van der Waals surface area contributed by atoms with Crippen LogP contribution in [0.3, 0.4) is 0 Å². The van der Waals surface area contributed by atoms with Gasteiger partial charge < -0.3 is 5.11 Å². The van der Waals surface area contributed by atoms with Gasteiger partial charge in [-0.05, 0) is 5.56 Å². The molecule has 1 aromatic rings. The number of aliphatic hydroxyl groups excluding tert-OH is 1. The Balaban J connectivity index is 1.92. The SMILES string of the molecule is CC1CN(CC(O)c2ccccc2)CC(C)S1. The van der Waals surface area contributed by atoms with Crippen molar-refractivity contribution >= 4 is 11.8 Å². The summed E-state index contributed by atoms with van der Waals surface area (Å²) in [5, 5.41) is 11.5. The lowest BCUT2D eigenvalue weighted by Gasteiger charge is -2.35. The molecule has 3 unspecified atom stereocenters. The van der Waals surface area contributed by atoms with E-state index in [0.29, 0.717) is 10.5 Å². The third-order valence-electron chi connectivity index (χ3n) is 3.11. The second kappa shape index (κ2) is 5.89. The Morgan fingerprint density at radius 3 is 2.41 bits per heavy atom. The predicted octanol–water partition coefficient (Wildman–Crippen LogP) is 2.55. The molecule has 0 radical (unpaired) electrons. The molecule has 3 atom stereocenters. The first-order chi connectivity index (χ1) is 8.15. The fraction of sp³-hybridized carbons (Fsp3) is 0.571. The van der Waals surface area contributed by atoms with E-state index < -0.39 is 0 Å². The summed E-state index contributed by atoms with van der Waals surface area (Å²) in [7, 11) is 0. The van der Waals surface area contributed by atoms with E-state index in [-0.39, 0.29) is 6.10 Å². The van der Waals surface area contributed by atoms with Crippen molar-refractivity contribution in [1.82, 2.24) is 4.90 Å². The summed E-state index contributed by atoms with van der Waals surface area (Å²) in [5.74, 6) is 0. The van der Waals surface area contributed by atoms with Crippen LogP contribution in [0.1, 0.15) is 25.5 Å². The Morgan fingerprint density at radius 2 is 1.82 bits per heavy atom. The first kappa shape index (κ1) is 12.9. The van der Waals surface area contributed by atoms with E-state index in [2.05, 4.69) is 18.7 Å². The molecule has 1 saturated heterocycles. The third kappa shape index (κ3) is 3.73. The number of rotatable bonds is 3. The van der Waals surface area contributed by atoms with Crippen LogP contribution in [0.25, 0.3) is 0 Å². The molecule has 94 valence electrons. The highest BCUT2D eigenvalue weighted by atomic mass is 32.2. The molecular weight excluding hydrogens is 230 g/mol. The first-order valence-electron chi connectivity index (χ1n) is 6.26. The van der Waals surface area contributed by atoms with Crippen LogP contribution < -0.4 is 0 Å². The van der Waals surface area contributed by atoms with Crippen molar-refractivity contribution in [3.63, 3.8) is 0 Å². The number of hydrogen-bond acceptors (Lipinski definition) is 3. The minimum absolute atomic E-state index is 0.362. The normalized spacial score (nSPS) is 27.9. The fourth-order valence-electron chi connectivity index (χ4n) is 2.46. The average molecular weight is 251 g/mol. The third-order valence-corrected chi connectivity index (χ3v) is 4.34. The molecule has 1 fully saturated rings. The Morgan fingerprint density at radius 1 is 1.24 bits per heavy atom. The Hall–Kier alpha value is -0.510. The van der Waals surface area contributed by atoms with Crippen LogP contribution in [0.2, 0.25) is 0 Å². The highest BCUT2D eigenvalue weighted by Gasteiger charge is 2.24. The fourth-order valence-corrected chi connectivity index (χ4v) is 3.85. The van der Waals surface area contributed by atoms with Crippen LogP contribution in [-0.2, 0) is 0 Å². The summed E-state index contributed by atoms with van der Waals surface area (Å²) in [6.07, 6.45) is -0.362. The van der Waals surface area contributed by atoms with E-state index in [4.69, 9.17) is 0 Å². The van der Waals surface area contributed by atoms with Gasteiger partial charge in [0.1, 0.15) is 0 Å². The molecule has 2 rings (SSSR count). The highest BCUT2D eigenvalue weighted by Crippen LogP contribution is 2.26. The van der Waals surface area contributed by atoms with Crippen LogP contribution >= 0.6 is 11.8 Å². The molecule has 0 bridgehead atoms. The van der Waals surface area contributed by atoms with Gasteiger partial charge in [-0.3, -0.25) is 4.90 Å². The molecule has 0 aromatic heterocycles. The maximum absolute atomic E-state index is 10.2. The lowest BCUT2D eigenvalue weighted by molar-refractivity contribution is 0.112. The Labute approximate surface area is 108 Å². The number of benzene rings is 1. The van der Waals surface area contributed by atoms with Crippen LogP contribution in [0, 0.1) is 0 Å². The summed E-state index contributed by atoms with van der Waals surface area (Å²) in [4.78, 5) is 2.38. The predicted molar refractivity (Wildman–Crippen MR) is 74.4 cm³/mol. The van der Waals surface area contributed by atoms with Gasteiger partial charge in [-0.1, -0.05) is 44.2 Å². The van der Waals surface area contributed by atoms with Crippen LogP contribution in [-0.4, -0.2) is 40.1 Å². The van der Waals surface area contributed by atoms with Crippen molar-refractivity contribution in [3.8, 4) is 0 Å². The lowest BCUT2D eigenvalue weighted by atomic mass is 10.1. The second-order valence-electron chi connectivity index (χ2n) is 4.90. The number of hydrogen-bond donors (Lipinski definition) is 1. The van der Waals surface area contributed by atoms with Gasteiger partial charge in [0.2, 0.25) is 0 Å². The van der Waals surface area contributed by atoms with E-state index in [1.165, 1.54) is 0 Å². The van der Waals surface area contributed by atoms with Crippen molar-refractivity contribution < 1.29 is 5.11 Å². The van der Waals surface area contributed by atoms with Gasteiger partial charge in [-0.25, -0.2) is 0 Å². The zero-order valence-corrected chi connectivity index (χ0v) is 11.4. The summed E-state index contributed by atoms with van der Waals surface area (Å²) in [6, 6.07) is 9.94. The maximum Gasteiger partial charge on any atom is 0.0916 e. The van der Waals surface area contributed by atoms with Crippen molar-refractivity contribution in [3.05, 3.63) is 35.9 Å². The van der Waals surface area contributed by atoms with Crippen LogP contribution in [0.4, 0.5) is 0 Å². The number of β-amino-alcohol motifs (C(OH)–C–C–N with tert-alkyl or cyclic N) is 1. The molecule has 1 heterocycles. The Bertz CT molecular complexity index is 333. The van der Waals surface area contributed by atoms with Gasteiger partial charge in [0.05, 0.1) is 6.10 Å². The monoisotopic (exact) mass is 251 g/mol. The number of nitrogens with zero attached hydrogens (tertiary/aromatic N) is 1. The van der Waals surface area contributed by atoms with E-state index in [1.807, 2.05) is 42.1 Å². The largest absolute Gasteiger partial charge is 0.387 e. The summed E-state index contributed by atoms with van der Waals surface area (Å²) in [5.41, 5.74) is 1.02. The number of aliphatic hydroxyl groups is 1. The molecule has 1 aliphatic heterocycles. The molecule has 0 aliphatic carbocycles. The zero-order chi connectivity index (χ0) is 12.3. The van der Waals surface area contributed by atoms with Crippen LogP contribution in [0.5, 0.6) is 0 Å². The average Bonchev–Trinajstić information content (AvgIpc) is 2.28. The van der Waals surface area contributed by atoms with Gasteiger partial charge in [-0.15, -0.1) is 0 Å². The maximum atomic E-state index is 10.2. The molecule has 0 spiro atoms. The lowest BCUT2D eigenvalue weighted by Crippen LogP contribution is -2.42. The molecule has 1 aliphatic rings. The smallest absolute Gasteiger partial charge is 0.0916 e. The van der Waals surface area contributed by atoms with Gasteiger partial charge >= 0.3 is 0 Å². The molecule has 17 heavy (non-hydrogen) atoms. The first-order valence-corrected chi connectivity index (χ1v) is 7.20. The Kier molecular flexibility index (Phi) is 4.48. The molecule has 2 nitrogen and oxygen atoms in total. The van der Waals surface area contributed by atoms with Gasteiger partial charge in [0.25, 0.3) is 0 Å². The second-order valence-corrected chi connectivity index (χ2v) is 6.78. The molecular formula is C14H21NOS. The quantitative estimate of drug-likeness (QED) is 0.893. The minimum atomic E-state index is -0.362. The summed E-state index contributed by atoms with van der Waals surface area (Å²) < 4.78 is 0. The van der Waals surface area contributed by atoms with Crippen molar-refractivity contribution in [1.29, 1.82) is 0 Å². The highest BCUT2D eigenvalue weighted by molar-refractivity contribution is 8.00. The molecule has 3 heteroatoms. The summed E-state index contributed by atoms with van der Waals surface area (Å²) >= 11 is 2.04. The van der Waals surface area contributed by atoms with E-state index >= 15 is 0 Å². The molecule has 1 N–H and O–H groups in total. The van der Waals surface area contributed by atoms with Gasteiger partial charge in [0, 0.05) is 30.1 Å².